The number of rotatable bonds is 5. The highest BCUT2D eigenvalue weighted by Gasteiger charge is 2.40. The summed E-state index contributed by atoms with van der Waals surface area (Å²) >= 11 is 0. The Balaban J connectivity index is 1.61. The molecule has 9 heteroatoms. The SMILES string of the molecule is Cc1cc(C(=O)N2C[C@H]([C@H](C)Oc3ccc(N)cn3)[C@@H](c3ccc(F)c(F)c3)C2)cnn1. The molecule has 4 rings (SSSR count). The Bertz CT molecular complexity index is 1130. The lowest BCUT2D eigenvalue weighted by atomic mass is 9.85. The second-order valence-corrected chi connectivity index (χ2v) is 7.99. The van der Waals surface area contributed by atoms with Crippen molar-refractivity contribution in [3.63, 3.8) is 0 Å². The zero-order valence-electron chi connectivity index (χ0n) is 17.7. The molecule has 1 aromatic carbocycles. The second-order valence-electron chi connectivity index (χ2n) is 7.99. The molecule has 3 atom stereocenters. The van der Waals surface area contributed by atoms with E-state index in [0.29, 0.717) is 41.5 Å². The molecule has 0 unspecified atom stereocenters. The zero-order valence-corrected chi connectivity index (χ0v) is 17.7. The number of anilines is 1. The Morgan fingerprint density at radius 2 is 1.97 bits per heavy atom. The standard InChI is InChI=1S/C23H23F2N5O2/c1-13-7-16(9-28-29-13)23(31)30-11-18(14(2)32-22-6-4-17(26)10-27-22)19(12-30)15-3-5-20(24)21(25)8-15/h3-10,14,18-19H,11-12,26H2,1-2H3/t14-,18+,19+/m0/s1. The molecule has 0 saturated carbocycles. The van der Waals surface area contributed by atoms with E-state index in [1.807, 2.05) is 6.92 Å². The van der Waals surface area contributed by atoms with Crippen molar-refractivity contribution in [3.05, 3.63) is 77.2 Å². The number of benzene rings is 1. The Labute approximate surface area is 184 Å². The van der Waals surface area contributed by atoms with Crippen molar-refractivity contribution in [1.29, 1.82) is 0 Å². The first-order valence-corrected chi connectivity index (χ1v) is 10.2. The van der Waals surface area contributed by atoms with Crippen LogP contribution >= 0.6 is 0 Å². The van der Waals surface area contributed by atoms with E-state index >= 15 is 0 Å². The van der Waals surface area contributed by atoms with Crippen LogP contribution in [0.15, 0.2) is 48.8 Å². The van der Waals surface area contributed by atoms with Crippen molar-refractivity contribution in [1.82, 2.24) is 20.1 Å². The van der Waals surface area contributed by atoms with E-state index in [2.05, 4.69) is 15.2 Å². The van der Waals surface area contributed by atoms with Crippen molar-refractivity contribution >= 4 is 11.6 Å². The van der Waals surface area contributed by atoms with Crippen molar-refractivity contribution in [2.45, 2.75) is 25.9 Å². The number of nitrogens with zero attached hydrogens (tertiary/aromatic N) is 4. The first kappa shape index (κ1) is 21.6. The number of carbonyl (C=O) groups excluding carboxylic acids is 1. The molecule has 1 aliphatic rings. The zero-order chi connectivity index (χ0) is 22.8. The van der Waals surface area contributed by atoms with Gasteiger partial charge in [0.1, 0.15) is 6.10 Å². The van der Waals surface area contributed by atoms with Crippen LogP contribution in [0.4, 0.5) is 14.5 Å². The van der Waals surface area contributed by atoms with Crippen molar-refractivity contribution in [3.8, 4) is 5.88 Å². The molecule has 2 aromatic heterocycles. The van der Waals surface area contributed by atoms with Gasteiger partial charge in [0.05, 0.1) is 29.3 Å². The number of nitrogen functional groups attached to an aromatic ring is 1. The predicted octanol–water partition coefficient (Wildman–Crippen LogP) is 3.36. The van der Waals surface area contributed by atoms with Crippen LogP contribution in [0.1, 0.15) is 34.5 Å². The fraction of sp³-hybridized carbons (Fsp3) is 0.304. The number of aromatic nitrogens is 3. The van der Waals surface area contributed by atoms with Gasteiger partial charge in [-0.25, -0.2) is 13.8 Å². The summed E-state index contributed by atoms with van der Waals surface area (Å²) in [5, 5.41) is 7.75. The topological polar surface area (TPSA) is 94.2 Å². The molecule has 0 radical (unpaired) electrons. The van der Waals surface area contributed by atoms with E-state index in [0.717, 1.165) is 6.07 Å². The second kappa shape index (κ2) is 8.86. The third kappa shape index (κ3) is 4.51. The van der Waals surface area contributed by atoms with Gasteiger partial charge >= 0.3 is 0 Å². The molecule has 2 N–H and O–H groups in total. The van der Waals surface area contributed by atoms with Gasteiger partial charge in [-0.2, -0.15) is 10.2 Å². The average molecular weight is 439 g/mol. The summed E-state index contributed by atoms with van der Waals surface area (Å²) in [5.41, 5.74) is 7.87. The highest BCUT2D eigenvalue weighted by Crippen LogP contribution is 2.37. The number of hydrogen-bond donors (Lipinski definition) is 1. The van der Waals surface area contributed by atoms with Crippen LogP contribution in [-0.4, -0.2) is 45.2 Å². The number of carbonyl (C=O) groups is 1. The third-order valence-electron chi connectivity index (χ3n) is 5.72. The minimum Gasteiger partial charge on any atom is -0.474 e. The molecule has 3 heterocycles. The number of nitrogens with two attached hydrogens (primary N) is 1. The molecule has 1 saturated heterocycles. The first-order chi connectivity index (χ1) is 15.3. The smallest absolute Gasteiger partial charge is 0.255 e. The molecule has 1 fully saturated rings. The van der Waals surface area contributed by atoms with Gasteiger partial charge in [0.2, 0.25) is 5.88 Å². The van der Waals surface area contributed by atoms with Crippen LogP contribution in [0.25, 0.3) is 0 Å². The van der Waals surface area contributed by atoms with Crippen LogP contribution < -0.4 is 10.5 Å². The monoisotopic (exact) mass is 439 g/mol. The first-order valence-electron chi connectivity index (χ1n) is 10.2. The molecule has 1 aliphatic heterocycles. The fourth-order valence-electron chi connectivity index (χ4n) is 4.08. The number of halogens is 2. The molecular formula is C23H23F2N5O2. The van der Waals surface area contributed by atoms with Crippen LogP contribution in [0.5, 0.6) is 5.88 Å². The number of amides is 1. The van der Waals surface area contributed by atoms with Crippen LogP contribution in [0, 0.1) is 24.5 Å². The number of ether oxygens (including phenoxy) is 1. The maximum Gasteiger partial charge on any atom is 0.255 e. The largest absolute Gasteiger partial charge is 0.474 e. The quantitative estimate of drug-likeness (QED) is 0.655. The normalized spacial score (nSPS) is 19.1. The summed E-state index contributed by atoms with van der Waals surface area (Å²) in [5.74, 6) is -2.07. The maximum atomic E-state index is 14.0. The summed E-state index contributed by atoms with van der Waals surface area (Å²) in [6.07, 6.45) is 2.56. The van der Waals surface area contributed by atoms with Crippen LogP contribution in [-0.2, 0) is 0 Å². The predicted molar refractivity (Wildman–Crippen MR) is 114 cm³/mol. The number of hydrogen-bond acceptors (Lipinski definition) is 6. The molecule has 0 spiro atoms. The van der Waals surface area contributed by atoms with Gasteiger partial charge in [-0.1, -0.05) is 6.07 Å². The number of aryl methyl sites for hydroxylation is 1. The molecule has 1 amide bonds. The minimum absolute atomic E-state index is 0.181. The van der Waals surface area contributed by atoms with E-state index in [1.54, 1.807) is 36.1 Å². The summed E-state index contributed by atoms with van der Waals surface area (Å²) in [6, 6.07) is 8.87. The van der Waals surface area contributed by atoms with E-state index < -0.39 is 11.6 Å². The molecule has 0 aliphatic carbocycles. The Morgan fingerprint density at radius 3 is 2.66 bits per heavy atom. The summed E-state index contributed by atoms with van der Waals surface area (Å²) in [7, 11) is 0. The molecule has 7 nitrogen and oxygen atoms in total. The Morgan fingerprint density at radius 1 is 1.16 bits per heavy atom. The fourth-order valence-corrected chi connectivity index (χ4v) is 4.08. The van der Waals surface area contributed by atoms with E-state index in [-0.39, 0.29) is 23.8 Å². The number of likely N-dealkylation sites (tertiary alicyclic amines) is 1. The van der Waals surface area contributed by atoms with Gasteiger partial charge in [-0.15, -0.1) is 0 Å². The van der Waals surface area contributed by atoms with Gasteiger partial charge in [-0.05, 0) is 43.7 Å². The van der Waals surface area contributed by atoms with E-state index in [9.17, 15) is 13.6 Å². The number of pyridine rings is 1. The maximum absolute atomic E-state index is 14.0. The molecule has 3 aromatic rings. The highest BCUT2D eigenvalue weighted by atomic mass is 19.2. The molecule has 166 valence electrons. The highest BCUT2D eigenvalue weighted by molar-refractivity contribution is 5.94. The van der Waals surface area contributed by atoms with Crippen molar-refractivity contribution < 1.29 is 18.3 Å². The lowest BCUT2D eigenvalue weighted by molar-refractivity contribution is 0.0769. The molecule has 32 heavy (non-hydrogen) atoms. The van der Waals surface area contributed by atoms with Gasteiger partial charge < -0.3 is 15.4 Å². The minimum atomic E-state index is -0.922. The van der Waals surface area contributed by atoms with Gasteiger partial charge in [0.25, 0.3) is 5.91 Å². The van der Waals surface area contributed by atoms with Gasteiger partial charge in [0, 0.05) is 31.0 Å². The molecular weight excluding hydrogens is 416 g/mol. The lowest BCUT2D eigenvalue weighted by Gasteiger charge is -2.25. The summed E-state index contributed by atoms with van der Waals surface area (Å²) < 4.78 is 33.5. The average Bonchev–Trinajstić information content (AvgIpc) is 3.22. The third-order valence-corrected chi connectivity index (χ3v) is 5.72. The Kier molecular flexibility index (Phi) is 5.98. The summed E-state index contributed by atoms with van der Waals surface area (Å²) in [4.78, 5) is 19.0. The van der Waals surface area contributed by atoms with Gasteiger partial charge in [0.15, 0.2) is 11.6 Å². The van der Waals surface area contributed by atoms with E-state index in [4.69, 9.17) is 10.5 Å². The van der Waals surface area contributed by atoms with Crippen LogP contribution in [0.3, 0.4) is 0 Å². The van der Waals surface area contributed by atoms with Gasteiger partial charge in [-0.3, -0.25) is 4.79 Å². The Hall–Kier alpha value is -3.62. The molecule has 0 bridgehead atoms. The van der Waals surface area contributed by atoms with E-state index in [1.165, 1.54) is 18.5 Å². The van der Waals surface area contributed by atoms with Crippen molar-refractivity contribution in [2.24, 2.45) is 5.92 Å². The lowest BCUT2D eigenvalue weighted by Crippen LogP contribution is -2.32. The van der Waals surface area contributed by atoms with Crippen LogP contribution in [0.2, 0.25) is 0 Å². The van der Waals surface area contributed by atoms with Crippen molar-refractivity contribution in [2.75, 3.05) is 18.8 Å². The summed E-state index contributed by atoms with van der Waals surface area (Å²) in [6.45, 7) is 4.34.